The zero-order chi connectivity index (χ0) is 26.3. The molecule has 2 N–H and O–H groups in total. The number of benzene rings is 2. The topological polar surface area (TPSA) is 86.6 Å². The summed E-state index contributed by atoms with van der Waals surface area (Å²) in [7, 11) is 0. The van der Waals surface area contributed by atoms with Gasteiger partial charge in [0, 0.05) is 50.3 Å². The third-order valence-electron chi connectivity index (χ3n) is 6.58. The summed E-state index contributed by atoms with van der Waals surface area (Å²) in [5.74, 6) is 0.801. The fourth-order valence-corrected chi connectivity index (χ4v) is 4.45. The standard InChI is InChI=1S/C30H40N4O4/c35-29(33-38-30-16-6-7-21-36-30)15-3-1-2-10-25(22-31-17-9-19-34-20-18-32-24-34)23-37-28-14-8-12-26-11-4-5-13-27(26)28/h4-5,8,10-14,18,20,24,30-31H,1-3,6-7,9,15-17,19,21-23H2,(H,33,35)/b25-10+. The molecule has 1 saturated heterocycles. The minimum absolute atomic E-state index is 0.0952. The first-order chi connectivity index (χ1) is 18.8. The third kappa shape index (κ3) is 9.59. The number of rotatable bonds is 16. The lowest BCUT2D eigenvalue weighted by molar-refractivity contribution is -0.200. The van der Waals surface area contributed by atoms with Crippen LogP contribution < -0.4 is 15.5 Å². The highest BCUT2D eigenvalue weighted by molar-refractivity contribution is 5.88. The summed E-state index contributed by atoms with van der Waals surface area (Å²) in [5.41, 5.74) is 3.75. The number of amides is 1. The molecule has 204 valence electrons. The Bertz CT molecular complexity index is 1120. The second-order valence-electron chi connectivity index (χ2n) is 9.64. The molecule has 1 atom stereocenters. The van der Waals surface area contributed by atoms with Gasteiger partial charge in [-0.2, -0.15) is 0 Å². The van der Waals surface area contributed by atoms with Crippen molar-refractivity contribution in [2.45, 2.75) is 64.2 Å². The van der Waals surface area contributed by atoms with Crippen LogP contribution in [-0.2, 0) is 20.9 Å². The molecule has 8 nitrogen and oxygen atoms in total. The van der Waals surface area contributed by atoms with E-state index in [0.29, 0.717) is 19.6 Å². The van der Waals surface area contributed by atoms with Gasteiger partial charge in [0.1, 0.15) is 12.4 Å². The van der Waals surface area contributed by atoms with Crippen LogP contribution in [0.1, 0.15) is 51.4 Å². The minimum Gasteiger partial charge on any atom is -0.489 e. The predicted octanol–water partition coefficient (Wildman–Crippen LogP) is 5.16. The number of aryl methyl sites for hydroxylation is 1. The normalized spacial score (nSPS) is 16.0. The van der Waals surface area contributed by atoms with Crippen LogP contribution in [0, 0.1) is 0 Å². The number of fused-ring (bicyclic) bond motifs is 1. The number of hydrogen-bond donors (Lipinski definition) is 2. The third-order valence-corrected chi connectivity index (χ3v) is 6.58. The Morgan fingerprint density at radius 1 is 1.13 bits per heavy atom. The molecule has 4 rings (SSSR count). The van der Waals surface area contributed by atoms with Gasteiger partial charge in [-0.25, -0.2) is 15.3 Å². The number of hydrogen-bond acceptors (Lipinski definition) is 6. The molecule has 0 radical (unpaired) electrons. The van der Waals surface area contributed by atoms with Gasteiger partial charge in [0.2, 0.25) is 5.91 Å². The van der Waals surface area contributed by atoms with Crippen molar-refractivity contribution in [3.05, 3.63) is 72.8 Å². The molecule has 1 aromatic heterocycles. The maximum atomic E-state index is 12.1. The van der Waals surface area contributed by atoms with Crippen LogP contribution >= 0.6 is 0 Å². The Balaban J connectivity index is 1.21. The summed E-state index contributed by atoms with van der Waals surface area (Å²) in [6.45, 7) is 3.84. The molecule has 38 heavy (non-hydrogen) atoms. The molecular weight excluding hydrogens is 480 g/mol. The van der Waals surface area contributed by atoms with Gasteiger partial charge in [-0.3, -0.25) is 4.79 Å². The van der Waals surface area contributed by atoms with E-state index in [1.54, 1.807) is 6.20 Å². The maximum absolute atomic E-state index is 12.1. The molecule has 0 saturated carbocycles. The Labute approximate surface area is 225 Å². The van der Waals surface area contributed by atoms with Gasteiger partial charge in [-0.15, -0.1) is 0 Å². The van der Waals surface area contributed by atoms with E-state index < -0.39 is 0 Å². The number of carbonyl (C=O) groups is 1. The number of nitrogens with one attached hydrogen (secondary N) is 2. The van der Waals surface area contributed by atoms with Crippen LogP contribution in [0.25, 0.3) is 10.8 Å². The largest absolute Gasteiger partial charge is 0.489 e. The summed E-state index contributed by atoms with van der Waals surface area (Å²) >= 11 is 0. The van der Waals surface area contributed by atoms with Crippen molar-refractivity contribution < 1.29 is 19.1 Å². The summed E-state index contributed by atoms with van der Waals surface area (Å²) in [5, 5.41) is 5.85. The first kappa shape index (κ1) is 27.8. The molecule has 1 aliphatic rings. The summed E-state index contributed by atoms with van der Waals surface area (Å²) in [6.07, 6.45) is 14.6. The first-order valence-electron chi connectivity index (χ1n) is 13.8. The fraction of sp³-hybridized carbons (Fsp3) is 0.467. The average molecular weight is 521 g/mol. The highest BCUT2D eigenvalue weighted by Crippen LogP contribution is 2.25. The Morgan fingerprint density at radius 2 is 2.05 bits per heavy atom. The monoisotopic (exact) mass is 520 g/mol. The first-order valence-corrected chi connectivity index (χ1v) is 13.8. The molecule has 0 aliphatic carbocycles. The molecule has 2 heterocycles. The highest BCUT2D eigenvalue weighted by Gasteiger charge is 2.15. The summed E-state index contributed by atoms with van der Waals surface area (Å²) in [4.78, 5) is 21.6. The molecule has 1 aliphatic heterocycles. The molecule has 8 heteroatoms. The van der Waals surface area contributed by atoms with E-state index in [1.165, 1.54) is 11.0 Å². The smallest absolute Gasteiger partial charge is 0.243 e. The zero-order valence-electron chi connectivity index (χ0n) is 22.1. The number of hydroxylamine groups is 1. The molecule has 1 unspecified atom stereocenters. The van der Waals surface area contributed by atoms with Gasteiger partial charge in [-0.1, -0.05) is 42.5 Å². The van der Waals surface area contributed by atoms with Crippen LogP contribution in [0.3, 0.4) is 0 Å². The van der Waals surface area contributed by atoms with Crippen molar-refractivity contribution in [3.63, 3.8) is 0 Å². The van der Waals surface area contributed by atoms with Gasteiger partial charge in [-0.05, 0) is 62.1 Å². The molecular formula is C30H40N4O4. The van der Waals surface area contributed by atoms with E-state index in [0.717, 1.165) is 75.7 Å². The lowest BCUT2D eigenvalue weighted by Gasteiger charge is -2.22. The molecule has 1 fully saturated rings. The lowest BCUT2D eigenvalue weighted by atomic mass is 10.1. The van der Waals surface area contributed by atoms with Crippen molar-refractivity contribution in [3.8, 4) is 5.75 Å². The summed E-state index contributed by atoms with van der Waals surface area (Å²) < 4.78 is 13.8. The Kier molecular flexibility index (Phi) is 11.7. The second kappa shape index (κ2) is 15.9. The number of nitrogens with zero attached hydrogens (tertiary/aromatic N) is 2. The molecule has 1 amide bonds. The number of imidazole rings is 1. The molecule has 2 aromatic carbocycles. The Morgan fingerprint density at radius 3 is 2.92 bits per heavy atom. The number of carbonyl (C=O) groups excluding carboxylic acids is 1. The highest BCUT2D eigenvalue weighted by atomic mass is 16.8. The number of allylic oxidation sites excluding steroid dienone is 1. The van der Waals surface area contributed by atoms with Gasteiger partial charge in [0.25, 0.3) is 0 Å². The van der Waals surface area contributed by atoms with E-state index in [9.17, 15) is 4.79 Å². The predicted molar refractivity (Wildman–Crippen MR) is 149 cm³/mol. The molecule has 0 spiro atoms. The van der Waals surface area contributed by atoms with E-state index in [1.807, 2.05) is 36.8 Å². The van der Waals surface area contributed by atoms with Crippen LogP contribution in [0.5, 0.6) is 5.75 Å². The second-order valence-corrected chi connectivity index (χ2v) is 9.64. The average Bonchev–Trinajstić information content (AvgIpc) is 3.48. The van der Waals surface area contributed by atoms with Gasteiger partial charge >= 0.3 is 0 Å². The van der Waals surface area contributed by atoms with Crippen molar-refractivity contribution in [1.82, 2.24) is 20.3 Å². The fourth-order valence-electron chi connectivity index (χ4n) is 4.45. The van der Waals surface area contributed by atoms with Gasteiger partial charge in [0.05, 0.1) is 6.33 Å². The van der Waals surface area contributed by atoms with Crippen molar-refractivity contribution >= 4 is 16.7 Å². The van der Waals surface area contributed by atoms with Crippen molar-refractivity contribution in [2.24, 2.45) is 0 Å². The van der Waals surface area contributed by atoms with Crippen LogP contribution in [0.15, 0.2) is 72.8 Å². The number of aromatic nitrogens is 2. The van der Waals surface area contributed by atoms with Crippen LogP contribution in [-0.4, -0.2) is 48.1 Å². The Hall–Kier alpha value is -3.20. The molecule has 3 aromatic rings. The van der Waals surface area contributed by atoms with Gasteiger partial charge in [0.15, 0.2) is 6.29 Å². The van der Waals surface area contributed by atoms with E-state index in [4.69, 9.17) is 14.3 Å². The number of unbranched alkanes of at least 4 members (excludes halogenated alkanes) is 2. The van der Waals surface area contributed by atoms with Crippen molar-refractivity contribution in [1.29, 1.82) is 0 Å². The molecule has 0 bridgehead atoms. The maximum Gasteiger partial charge on any atom is 0.243 e. The number of ether oxygens (including phenoxy) is 2. The van der Waals surface area contributed by atoms with Crippen molar-refractivity contribution in [2.75, 3.05) is 26.3 Å². The zero-order valence-corrected chi connectivity index (χ0v) is 22.1. The van der Waals surface area contributed by atoms with Crippen LogP contribution in [0.4, 0.5) is 0 Å². The van der Waals surface area contributed by atoms with E-state index in [2.05, 4.69) is 44.6 Å². The van der Waals surface area contributed by atoms with Gasteiger partial charge < -0.3 is 19.4 Å². The van der Waals surface area contributed by atoms with E-state index in [-0.39, 0.29) is 12.2 Å². The SMILES string of the molecule is O=C(CCCC/C=C(\CNCCCn1ccnc1)COc1cccc2ccccc12)NOC1CCCCO1. The van der Waals surface area contributed by atoms with E-state index >= 15 is 0 Å². The quantitative estimate of drug-likeness (QED) is 0.154. The van der Waals surface area contributed by atoms with Crippen LogP contribution in [0.2, 0.25) is 0 Å². The minimum atomic E-state index is -0.313. The summed E-state index contributed by atoms with van der Waals surface area (Å²) in [6, 6.07) is 14.4. The lowest BCUT2D eigenvalue weighted by Crippen LogP contribution is -2.32.